The van der Waals surface area contributed by atoms with Gasteiger partial charge >= 0.3 is 5.97 Å². The van der Waals surface area contributed by atoms with Gasteiger partial charge in [0.15, 0.2) is 0 Å². The fourth-order valence-electron chi connectivity index (χ4n) is 1.76. The van der Waals surface area contributed by atoms with Crippen LogP contribution >= 0.6 is 0 Å². The van der Waals surface area contributed by atoms with Gasteiger partial charge in [0.25, 0.3) is 0 Å². The number of carboxylic acid groups (broad SMARTS) is 1. The molecule has 0 aliphatic heterocycles. The molecule has 0 fully saturated rings. The first-order valence-electron chi connectivity index (χ1n) is 5.74. The molecule has 4 nitrogen and oxygen atoms in total. The summed E-state index contributed by atoms with van der Waals surface area (Å²) in [6.07, 6.45) is 0.747. The highest BCUT2D eigenvalue weighted by atomic mass is 16.4. The van der Waals surface area contributed by atoms with Gasteiger partial charge in [0.1, 0.15) is 0 Å². The van der Waals surface area contributed by atoms with E-state index < -0.39 is 5.97 Å². The number of hydrogen-bond donors (Lipinski definition) is 1. The van der Waals surface area contributed by atoms with Crippen molar-refractivity contribution in [3.8, 4) is 11.1 Å². The monoisotopic (exact) mass is 255 g/mol. The Hall–Kier alpha value is -2.62. The van der Waals surface area contributed by atoms with E-state index in [-0.39, 0.29) is 5.56 Å². The van der Waals surface area contributed by atoms with Crippen LogP contribution in [-0.4, -0.2) is 24.5 Å². The zero-order valence-corrected chi connectivity index (χ0v) is 10.4. The summed E-state index contributed by atoms with van der Waals surface area (Å²) in [6, 6.07) is 14.1. The maximum atomic E-state index is 10.8. The molecule has 0 aromatic heterocycles. The first-order valence-corrected chi connectivity index (χ1v) is 5.74. The lowest BCUT2D eigenvalue weighted by molar-refractivity contribution is -0.107. The third-order valence-corrected chi connectivity index (χ3v) is 2.90. The van der Waals surface area contributed by atoms with Crippen LogP contribution in [0.2, 0.25) is 0 Å². The van der Waals surface area contributed by atoms with Crippen molar-refractivity contribution >= 4 is 18.1 Å². The molecule has 2 aromatic carbocycles. The lowest BCUT2D eigenvalue weighted by atomic mass is 10.0. The quantitative estimate of drug-likeness (QED) is 0.854. The molecule has 0 aliphatic rings. The Morgan fingerprint density at radius 1 is 1.00 bits per heavy atom. The Labute approximate surface area is 110 Å². The van der Waals surface area contributed by atoms with Crippen LogP contribution in [0.15, 0.2) is 48.5 Å². The van der Waals surface area contributed by atoms with E-state index in [0.29, 0.717) is 0 Å². The molecule has 19 heavy (non-hydrogen) atoms. The van der Waals surface area contributed by atoms with Crippen molar-refractivity contribution in [1.82, 2.24) is 0 Å². The standard InChI is InChI=1S/C15H13NO3/c1-16(10-17)14-8-6-12(7-9-14)11-2-4-13(5-3-11)15(18)19/h2-10H,1H3,(H,18,19). The molecule has 0 aliphatic carbocycles. The third kappa shape index (κ3) is 2.80. The third-order valence-electron chi connectivity index (χ3n) is 2.90. The van der Waals surface area contributed by atoms with Crippen LogP contribution in [0, 0.1) is 0 Å². The number of benzene rings is 2. The summed E-state index contributed by atoms with van der Waals surface area (Å²) in [5.74, 6) is -0.936. The molecule has 1 amide bonds. The molecule has 0 bridgehead atoms. The van der Waals surface area contributed by atoms with E-state index >= 15 is 0 Å². The van der Waals surface area contributed by atoms with E-state index in [1.54, 1.807) is 31.3 Å². The number of carbonyl (C=O) groups excluding carboxylic acids is 1. The minimum atomic E-state index is -0.936. The van der Waals surface area contributed by atoms with Crippen molar-refractivity contribution in [3.63, 3.8) is 0 Å². The van der Waals surface area contributed by atoms with Crippen molar-refractivity contribution in [2.75, 3.05) is 11.9 Å². The van der Waals surface area contributed by atoms with Gasteiger partial charge in [-0.1, -0.05) is 24.3 Å². The van der Waals surface area contributed by atoms with Gasteiger partial charge in [0.2, 0.25) is 6.41 Å². The Bertz CT molecular complexity index is 588. The fourth-order valence-corrected chi connectivity index (χ4v) is 1.76. The molecule has 0 radical (unpaired) electrons. The van der Waals surface area contributed by atoms with E-state index in [4.69, 9.17) is 5.11 Å². The number of amides is 1. The van der Waals surface area contributed by atoms with Crippen molar-refractivity contribution in [1.29, 1.82) is 0 Å². The number of rotatable bonds is 4. The largest absolute Gasteiger partial charge is 0.478 e. The Morgan fingerprint density at radius 3 is 1.89 bits per heavy atom. The molecule has 2 rings (SSSR count). The second kappa shape index (κ2) is 5.35. The van der Waals surface area contributed by atoms with Gasteiger partial charge in [0.05, 0.1) is 5.56 Å². The number of anilines is 1. The predicted molar refractivity (Wildman–Crippen MR) is 73.3 cm³/mol. The van der Waals surface area contributed by atoms with E-state index in [0.717, 1.165) is 23.2 Å². The van der Waals surface area contributed by atoms with Crippen LogP contribution in [0.25, 0.3) is 11.1 Å². The highest BCUT2D eigenvalue weighted by Gasteiger charge is 2.04. The number of carbonyl (C=O) groups is 2. The number of carboxylic acids is 1. The molecule has 0 unspecified atom stereocenters. The van der Waals surface area contributed by atoms with E-state index in [1.165, 1.54) is 4.90 Å². The second-order valence-corrected chi connectivity index (χ2v) is 4.15. The maximum absolute atomic E-state index is 10.8. The highest BCUT2D eigenvalue weighted by molar-refractivity contribution is 5.88. The van der Waals surface area contributed by atoms with Gasteiger partial charge in [-0.05, 0) is 35.4 Å². The van der Waals surface area contributed by atoms with Crippen molar-refractivity contribution in [3.05, 3.63) is 54.1 Å². The Kier molecular flexibility index (Phi) is 3.61. The number of nitrogens with zero attached hydrogens (tertiary/aromatic N) is 1. The summed E-state index contributed by atoms with van der Waals surface area (Å²) in [5.41, 5.74) is 2.98. The minimum Gasteiger partial charge on any atom is -0.478 e. The topological polar surface area (TPSA) is 57.6 Å². The minimum absolute atomic E-state index is 0.265. The molecule has 0 spiro atoms. The normalized spacial score (nSPS) is 9.95. The smallest absolute Gasteiger partial charge is 0.335 e. The van der Waals surface area contributed by atoms with Gasteiger partial charge in [-0.25, -0.2) is 4.79 Å². The molecule has 96 valence electrons. The van der Waals surface area contributed by atoms with E-state index in [9.17, 15) is 9.59 Å². The zero-order chi connectivity index (χ0) is 13.8. The lowest BCUT2D eigenvalue weighted by Crippen LogP contribution is -2.13. The molecule has 0 saturated heterocycles. The Morgan fingerprint density at radius 2 is 1.47 bits per heavy atom. The molecular formula is C15H13NO3. The first kappa shape index (κ1) is 12.8. The van der Waals surface area contributed by atoms with Gasteiger partial charge in [-0.3, -0.25) is 4.79 Å². The van der Waals surface area contributed by atoms with Gasteiger partial charge in [-0.15, -0.1) is 0 Å². The van der Waals surface area contributed by atoms with Gasteiger partial charge < -0.3 is 10.0 Å². The van der Waals surface area contributed by atoms with Crippen molar-refractivity contribution in [2.45, 2.75) is 0 Å². The molecule has 0 saturated carbocycles. The Balaban J connectivity index is 2.27. The second-order valence-electron chi connectivity index (χ2n) is 4.15. The fraction of sp³-hybridized carbons (Fsp3) is 0.0667. The summed E-state index contributed by atoms with van der Waals surface area (Å²) in [4.78, 5) is 22.9. The van der Waals surface area contributed by atoms with Gasteiger partial charge in [0, 0.05) is 12.7 Å². The SMILES string of the molecule is CN(C=O)c1ccc(-c2ccc(C(=O)O)cc2)cc1. The molecular weight excluding hydrogens is 242 g/mol. The molecule has 1 N–H and O–H groups in total. The average Bonchev–Trinajstić information content (AvgIpc) is 2.46. The maximum Gasteiger partial charge on any atom is 0.335 e. The summed E-state index contributed by atoms with van der Waals surface area (Å²) < 4.78 is 0. The van der Waals surface area contributed by atoms with E-state index in [1.807, 2.05) is 24.3 Å². The number of hydrogen-bond acceptors (Lipinski definition) is 2. The van der Waals surface area contributed by atoms with Gasteiger partial charge in [-0.2, -0.15) is 0 Å². The summed E-state index contributed by atoms with van der Waals surface area (Å²) >= 11 is 0. The van der Waals surface area contributed by atoms with Crippen molar-refractivity contribution in [2.24, 2.45) is 0 Å². The van der Waals surface area contributed by atoms with E-state index in [2.05, 4.69) is 0 Å². The predicted octanol–water partition coefficient (Wildman–Crippen LogP) is 2.64. The van der Waals surface area contributed by atoms with Crippen LogP contribution < -0.4 is 4.90 Å². The van der Waals surface area contributed by atoms with Crippen molar-refractivity contribution < 1.29 is 14.7 Å². The molecule has 0 atom stereocenters. The van der Waals surface area contributed by atoms with Crippen LogP contribution in [0.4, 0.5) is 5.69 Å². The average molecular weight is 255 g/mol. The zero-order valence-electron chi connectivity index (χ0n) is 10.4. The summed E-state index contributed by atoms with van der Waals surface area (Å²) in [7, 11) is 1.68. The van der Waals surface area contributed by atoms with Crippen LogP contribution in [0.3, 0.4) is 0 Å². The van der Waals surface area contributed by atoms with Crippen LogP contribution in [0.1, 0.15) is 10.4 Å². The number of aromatic carboxylic acids is 1. The first-order chi connectivity index (χ1) is 9.11. The molecule has 4 heteroatoms. The summed E-state index contributed by atoms with van der Waals surface area (Å²) in [5, 5.41) is 8.83. The highest BCUT2D eigenvalue weighted by Crippen LogP contribution is 2.22. The molecule has 0 heterocycles. The van der Waals surface area contributed by atoms with Crippen LogP contribution in [-0.2, 0) is 4.79 Å². The molecule has 2 aromatic rings. The lowest BCUT2D eigenvalue weighted by Gasteiger charge is -2.11. The summed E-state index contributed by atoms with van der Waals surface area (Å²) in [6.45, 7) is 0. The van der Waals surface area contributed by atoms with Crippen LogP contribution in [0.5, 0.6) is 0 Å².